The summed E-state index contributed by atoms with van der Waals surface area (Å²) >= 11 is 3.51. The van der Waals surface area contributed by atoms with Crippen LogP contribution in [0.3, 0.4) is 0 Å². The normalized spacial score (nSPS) is 14.6. The van der Waals surface area contributed by atoms with Gasteiger partial charge in [-0.05, 0) is 24.3 Å². The number of anilines is 1. The lowest BCUT2D eigenvalue weighted by molar-refractivity contribution is 0.369. The molecule has 2 aromatic rings. The zero-order chi connectivity index (χ0) is 18.4. The standard InChI is InChI=1S/C18H23BrN6O.HI/c1-20-17(23-13-14-12-15(19)4-5-16(14)26-2)24-8-10-25(11-9-24)18-21-6-3-7-22-18;/h3-7,12H,8-11,13H2,1-2H3,(H,20,23);1H. The molecule has 7 nitrogen and oxygen atoms in total. The van der Waals surface area contributed by atoms with Crippen LogP contribution in [0.2, 0.25) is 0 Å². The average molecular weight is 547 g/mol. The van der Waals surface area contributed by atoms with E-state index in [0.29, 0.717) is 6.54 Å². The summed E-state index contributed by atoms with van der Waals surface area (Å²) in [5.74, 6) is 2.54. The Kier molecular flexibility index (Phi) is 8.55. The van der Waals surface area contributed by atoms with Crippen LogP contribution in [0.4, 0.5) is 5.95 Å². The van der Waals surface area contributed by atoms with Gasteiger partial charge in [0.05, 0.1) is 7.11 Å². The third kappa shape index (κ3) is 5.68. The number of hydrogen-bond donors (Lipinski definition) is 1. The molecule has 27 heavy (non-hydrogen) atoms. The van der Waals surface area contributed by atoms with Crippen LogP contribution in [-0.4, -0.2) is 61.2 Å². The van der Waals surface area contributed by atoms with Gasteiger partial charge in [0, 0.05) is 62.2 Å². The Morgan fingerprint density at radius 1 is 1.22 bits per heavy atom. The van der Waals surface area contributed by atoms with E-state index >= 15 is 0 Å². The summed E-state index contributed by atoms with van der Waals surface area (Å²) < 4.78 is 6.47. The number of hydrogen-bond acceptors (Lipinski definition) is 5. The molecule has 2 heterocycles. The molecule has 0 amide bonds. The fourth-order valence-corrected chi connectivity index (χ4v) is 3.37. The average Bonchev–Trinajstić information content (AvgIpc) is 2.70. The molecule has 0 radical (unpaired) electrons. The zero-order valence-electron chi connectivity index (χ0n) is 15.4. The van der Waals surface area contributed by atoms with Crippen molar-refractivity contribution in [2.75, 3.05) is 45.2 Å². The Labute approximate surface area is 185 Å². The van der Waals surface area contributed by atoms with E-state index in [1.807, 2.05) is 25.2 Å². The monoisotopic (exact) mass is 546 g/mol. The molecule has 1 saturated heterocycles. The number of aromatic nitrogens is 2. The molecule has 0 spiro atoms. The molecule has 0 saturated carbocycles. The van der Waals surface area contributed by atoms with Crippen molar-refractivity contribution in [2.24, 2.45) is 4.99 Å². The van der Waals surface area contributed by atoms with Gasteiger partial charge in [-0.1, -0.05) is 15.9 Å². The van der Waals surface area contributed by atoms with Crippen LogP contribution in [0.25, 0.3) is 0 Å². The van der Waals surface area contributed by atoms with Crippen LogP contribution in [0.15, 0.2) is 46.1 Å². The molecular formula is C18H24BrIN6O. The van der Waals surface area contributed by atoms with Crippen molar-refractivity contribution in [1.82, 2.24) is 20.2 Å². The molecule has 1 fully saturated rings. The fourth-order valence-electron chi connectivity index (χ4n) is 2.96. The first kappa shape index (κ1) is 21.7. The number of nitrogens with zero attached hydrogens (tertiary/aromatic N) is 5. The van der Waals surface area contributed by atoms with Crippen LogP contribution >= 0.6 is 39.9 Å². The number of aliphatic imine (C=N–C) groups is 1. The smallest absolute Gasteiger partial charge is 0.225 e. The minimum absolute atomic E-state index is 0. The summed E-state index contributed by atoms with van der Waals surface area (Å²) in [4.78, 5) is 17.5. The number of ether oxygens (including phenoxy) is 1. The highest BCUT2D eigenvalue weighted by atomic mass is 127. The molecule has 0 aliphatic carbocycles. The first-order chi connectivity index (χ1) is 12.7. The molecule has 0 unspecified atom stereocenters. The molecule has 1 aliphatic rings. The third-order valence-electron chi connectivity index (χ3n) is 4.31. The van der Waals surface area contributed by atoms with Crippen molar-refractivity contribution in [3.05, 3.63) is 46.7 Å². The summed E-state index contributed by atoms with van der Waals surface area (Å²) in [7, 11) is 3.50. The van der Waals surface area contributed by atoms with Gasteiger partial charge in [-0.15, -0.1) is 24.0 Å². The van der Waals surface area contributed by atoms with Gasteiger partial charge in [0.15, 0.2) is 5.96 Å². The lowest BCUT2D eigenvalue weighted by Crippen LogP contribution is -2.52. The molecule has 9 heteroatoms. The van der Waals surface area contributed by atoms with Crippen LogP contribution in [0, 0.1) is 0 Å². The first-order valence-electron chi connectivity index (χ1n) is 8.51. The van der Waals surface area contributed by atoms with Crippen molar-refractivity contribution in [3.8, 4) is 5.75 Å². The van der Waals surface area contributed by atoms with Gasteiger partial charge in [0.2, 0.25) is 5.95 Å². The molecule has 0 atom stereocenters. The Morgan fingerprint density at radius 3 is 2.56 bits per heavy atom. The van der Waals surface area contributed by atoms with Gasteiger partial charge in [-0.3, -0.25) is 4.99 Å². The molecule has 0 bridgehead atoms. The van der Waals surface area contributed by atoms with Crippen LogP contribution < -0.4 is 15.0 Å². The van der Waals surface area contributed by atoms with Crippen molar-refractivity contribution >= 4 is 51.8 Å². The topological polar surface area (TPSA) is 65.9 Å². The summed E-state index contributed by atoms with van der Waals surface area (Å²) in [6.45, 7) is 4.12. The summed E-state index contributed by atoms with van der Waals surface area (Å²) in [5, 5.41) is 3.44. The van der Waals surface area contributed by atoms with E-state index in [9.17, 15) is 0 Å². The quantitative estimate of drug-likeness (QED) is 0.361. The van der Waals surface area contributed by atoms with E-state index < -0.39 is 0 Å². The van der Waals surface area contributed by atoms with Gasteiger partial charge < -0.3 is 19.9 Å². The van der Waals surface area contributed by atoms with E-state index in [4.69, 9.17) is 4.74 Å². The Morgan fingerprint density at radius 2 is 1.93 bits per heavy atom. The van der Waals surface area contributed by atoms with Crippen molar-refractivity contribution < 1.29 is 4.74 Å². The molecule has 1 aliphatic heterocycles. The van der Waals surface area contributed by atoms with Crippen LogP contribution in [0.5, 0.6) is 5.75 Å². The van der Waals surface area contributed by atoms with E-state index in [2.05, 4.69) is 52.1 Å². The number of rotatable bonds is 4. The Balaban J connectivity index is 0.00000261. The van der Waals surface area contributed by atoms with E-state index in [-0.39, 0.29) is 24.0 Å². The minimum Gasteiger partial charge on any atom is -0.496 e. The van der Waals surface area contributed by atoms with Crippen molar-refractivity contribution in [3.63, 3.8) is 0 Å². The highest BCUT2D eigenvalue weighted by Gasteiger charge is 2.21. The number of guanidine groups is 1. The molecule has 1 N–H and O–H groups in total. The molecular weight excluding hydrogens is 523 g/mol. The first-order valence-corrected chi connectivity index (χ1v) is 9.30. The lowest BCUT2D eigenvalue weighted by Gasteiger charge is -2.36. The Hall–Kier alpha value is -1.62. The molecule has 146 valence electrons. The van der Waals surface area contributed by atoms with Crippen molar-refractivity contribution in [2.45, 2.75) is 6.54 Å². The summed E-state index contributed by atoms with van der Waals surface area (Å²) in [5.41, 5.74) is 1.08. The lowest BCUT2D eigenvalue weighted by atomic mass is 10.2. The largest absolute Gasteiger partial charge is 0.496 e. The maximum absolute atomic E-state index is 5.44. The zero-order valence-corrected chi connectivity index (χ0v) is 19.3. The predicted molar refractivity (Wildman–Crippen MR) is 122 cm³/mol. The minimum atomic E-state index is 0. The van der Waals surface area contributed by atoms with Gasteiger partial charge >= 0.3 is 0 Å². The van der Waals surface area contributed by atoms with Crippen LogP contribution in [-0.2, 0) is 6.54 Å². The van der Waals surface area contributed by atoms with Gasteiger partial charge in [0.1, 0.15) is 5.75 Å². The van der Waals surface area contributed by atoms with Crippen molar-refractivity contribution in [1.29, 1.82) is 0 Å². The number of nitrogens with one attached hydrogen (secondary N) is 1. The molecule has 1 aromatic carbocycles. The van der Waals surface area contributed by atoms with Gasteiger partial charge in [-0.2, -0.15) is 0 Å². The molecule has 1 aromatic heterocycles. The second kappa shape index (κ2) is 10.6. The number of halogens is 2. The predicted octanol–water partition coefficient (Wildman–Crippen LogP) is 2.76. The summed E-state index contributed by atoms with van der Waals surface area (Å²) in [6.07, 6.45) is 3.56. The third-order valence-corrected chi connectivity index (χ3v) is 4.80. The maximum Gasteiger partial charge on any atom is 0.225 e. The second-order valence-corrected chi connectivity index (χ2v) is 6.80. The number of piperazine rings is 1. The highest BCUT2D eigenvalue weighted by Crippen LogP contribution is 2.22. The van der Waals surface area contributed by atoms with E-state index in [1.54, 1.807) is 19.5 Å². The Bertz CT molecular complexity index is 753. The second-order valence-electron chi connectivity index (χ2n) is 5.88. The number of methoxy groups -OCH3 is 1. The highest BCUT2D eigenvalue weighted by molar-refractivity contribution is 14.0. The van der Waals surface area contributed by atoms with E-state index in [0.717, 1.165) is 53.9 Å². The number of benzene rings is 1. The fraction of sp³-hybridized carbons (Fsp3) is 0.389. The summed E-state index contributed by atoms with van der Waals surface area (Å²) in [6, 6.07) is 7.83. The van der Waals surface area contributed by atoms with Gasteiger partial charge in [-0.25, -0.2) is 9.97 Å². The maximum atomic E-state index is 5.44. The van der Waals surface area contributed by atoms with E-state index in [1.165, 1.54) is 0 Å². The van der Waals surface area contributed by atoms with Gasteiger partial charge in [0.25, 0.3) is 0 Å². The van der Waals surface area contributed by atoms with Crippen LogP contribution in [0.1, 0.15) is 5.56 Å². The SMILES string of the molecule is CN=C(NCc1cc(Br)ccc1OC)N1CCN(c2ncccn2)CC1.I. The molecule has 3 rings (SSSR count).